The average Bonchev–Trinajstić information content (AvgIpc) is 3.43. The molecule has 5 heteroatoms. The summed E-state index contributed by atoms with van der Waals surface area (Å²) in [7, 11) is 2.14. The number of hydrogen-bond acceptors (Lipinski definition) is 5. The van der Waals surface area contributed by atoms with E-state index in [2.05, 4.69) is 36.2 Å². The summed E-state index contributed by atoms with van der Waals surface area (Å²) in [5, 5.41) is 0. The van der Waals surface area contributed by atoms with Crippen molar-refractivity contribution >= 4 is 5.69 Å². The predicted octanol–water partition coefficient (Wildman–Crippen LogP) is 3.80. The van der Waals surface area contributed by atoms with E-state index < -0.39 is 0 Å². The summed E-state index contributed by atoms with van der Waals surface area (Å²) in [4.78, 5) is 2.31. The van der Waals surface area contributed by atoms with Crippen LogP contribution in [0.5, 0.6) is 17.2 Å². The summed E-state index contributed by atoms with van der Waals surface area (Å²) in [6, 6.07) is 12.5. The number of rotatable bonds is 1. The van der Waals surface area contributed by atoms with Crippen molar-refractivity contribution in [1.82, 2.24) is 0 Å². The van der Waals surface area contributed by atoms with Crippen LogP contribution in [0.3, 0.4) is 0 Å². The van der Waals surface area contributed by atoms with Crippen molar-refractivity contribution < 1.29 is 18.6 Å². The van der Waals surface area contributed by atoms with Crippen LogP contribution in [0.1, 0.15) is 11.1 Å². The molecule has 0 saturated heterocycles. The largest absolute Gasteiger partial charge is 0.492 e. The van der Waals surface area contributed by atoms with E-state index >= 15 is 0 Å². The summed E-state index contributed by atoms with van der Waals surface area (Å²) < 4.78 is 22.7. The Morgan fingerprint density at radius 3 is 2.73 bits per heavy atom. The van der Waals surface area contributed by atoms with E-state index in [1.165, 1.54) is 22.4 Å². The zero-order valence-corrected chi connectivity index (χ0v) is 14.3. The molecule has 5 nitrogen and oxygen atoms in total. The molecular formula is C21H17NO4. The fourth-order valence-corrected chi connectivity index (χ4v) is 4.62. The Morgan fingerprint density at radius 2 is 1.88 bits per heavy atom. The highest BCUT2D eigenvalue weighted by molar-refractivity contribution is 5.82. The third-order valence-corrected chi connectivity index (χ3v) is 5.74. The van der Waals surface area contributed by atoms with E-state index in [0.29, 0.717) is 6.61 Å². The van der Waals surface area contributed by atoms with Gasteiger partial charge in [-0.15, -0.1) is 0 Å². The second-order valence-electron chi connectivity index (χ2n) is 7.14. The van der Waals surface area contributed by atoms with E-state index in [0.717, 1.165) is 29.4 Å². The quantitative estimate of drug-likeness (QED) is 0.670. The smallest absolute Gasteiger partial charge is 0.231 e. The van der Waals surface area contributed by atoms with Crippen LogP contribution >= 0.6 is 0 Å². The molecule has 6 rings (SSSR count). The van der Waals surface area contributed by atoms with Crippen LogP contribution in [0.2, 0.25) is 0 Å². The molecule has 3 aliphatic rings. The SMILES string of the molecule is CN1CC2(COc3cc4c(cc32)OCO4)c2c(-c3ccoc3)cccc21. The molecule has 3 aromatic rings. The van der Waals surface area contributed by atoms with Gasteiger partial charge in [-0.3, -0.25) is 0 Å². The third-order valence-electron chi connectivity index (χ3n) is 5.74. The maximum Gasteiger partial charge on any atom is 0.231 e. The van der Waals surface area contributed by atoms with Gasteiger partial charge in [-0.1, -0.05) is 12.1 Å². The number of nitrogens with zero attached hydrogens (tertiary/aromatic N) is 1. The first-order valence-corrected chi connectivity index (χ1v) is 8.70. The number of likely N-dealkylation sites (N-methyl/N-ethyl adjacent to an activating group) is 1. The van der Waals surface area contributed by atoms with Gasteiger partial charge in [-0.25, -0.2) is 0 Å². The summed E-state index contributed by atoms with van der Waals surface area (Å²) in [5.74, 6) is 2.44. The van der Waals surface area contributed by atoms with Gasteiger partial charge < -0.3 is 23.5 Å². The Morgan fingerprint density at radius 1 is 1.00 bits per heavy atom. The normalized spacial score (nSPS) is 21.8. The van der Waals surface area contributed by atoms with Crippen LogP contribution in [0.25, 0.3) is 11.1 Å². The average molecular weight is 347 g/mol. The fraction of sp³-hybridized carbons (Fsp3) is 0.238. The minimum Gasteiger partial charge on any atom is -0.492 e. The highest BCUT2D eigenvalue weighted by atomic mass is 16.7. The molecule has 0 fully saturated rings. The second-order valence-corrected chi connectivity index (χ2v) is 7.14. The van der Waals surface area contributed by atoms with E-state index in [4.69, 9.17) is 18.6 Å². The van der Waals surface area contributed by atoms with Crippen LogP contribution in [0.15, 0.2) is 53.3 Å². The lowest BCUT2D eigenvalue weighted by Crippen LogP contribution is -2.34. The van der Waals surface area contributed by atoms with Crippen molar-refractivity contribution in [3.8, 4) is 28.4 Å². The van der Waals surface area contributed by atoms with Crippen LogP contribution in [-0.2, 0) is 5.41 Å². The van der Waals surface area contributed by atoms with Gasteiger partial charge in [0.2, 0.25) is 6.79 Å². The molecule has 0 N–H and O–H groups in total. The van der Waals surface area contributed by atoms with Gasteiger partial charge in [0.1, 0.15) is 12.4 Å². The van der Waals surface area contributed by atoms with Crippen molar-refractivity contribution in [2.75, 3.05) is 31.9 Å². The Labute approximate surface area is 150 Å². The number of anilines is 1. The number of ether oxygens (including phenoxy) is 3. The Bertz CT molecular complexity index is 1030. The first kappa shape index (κ1) is 14.1. The maximum absolute atomic E-state index is 6.15. The predicted molar refractivity (Wildman–Crippen MR) is 96.3 cm³/mol. The molecule has 0 saturated carbocycles. The van der Waals surface area contributed by atoms with Gasteiger partial charge >= 0.3 is 0 Å². The Kier molecular flexibility index (Phi) is 2.58. The Balaban J connectivity index is 1.63. The molecule has 0 bridgehead atoms. The standard InChI is InChI=1S/C21H17NO4/c1-22-10-21(11-24-17-8-19-18(7-15(17)21)25-12-26-19)20-14(3-2-4-16(20)22)13-5-6-23-9-13/h2-9H,10-12H2,1H3. The van der Waals surface area contributed by atoms with Crippen molar-refractivity contribution in [3.05, 3.63) is 60.1 Å². The molecule has 1 aromatic heterocycles. The van der Waals surface area contributed by atoms with Gasteiger partial charge in [0.05, 0.1) is 17.9 Å². The topological polar surface area (TPSA) is 44.1 Å². The summed E-state index contributed by atoms with van der Waals surface area (Å²) >= 11 is 0. The van der Waals surface area contributed by atoms with Gasteiger partial charge in [-0.05, 0) is 29.3 Å². The molecule has 0 amide bonds. The maximum atomic E-state index is 6.15. The van der Waals surface area contributed by atoms with Crippen LogP contribution in [-0.4, -0.2) is 27.0 Å². The molecule has 130 valence electrons. The molecule has 0 radical (unpaired) electrons. The molecule has 1 atom stereocenters. The van der Waals surface area contributed by atoms with Crippen LogP contribution in [0, 0.1) is 0 Å². The summed E-state index contributed by atoms with van der Waals surface area (Å²) in [5.41, 5.74) is 5.75. The number of benzene rings is 2. The van der Waals surface area contributed by atoms with E-state index in [1.807, 2.05) is 12.1 Å². The van der Waals surface area contributed by atoms with Gasteiger partial charge in [0.15, 0.2) is 11.5 Å². The van der Waals surface area contributed by atoms with E-state index in [-0.39, 0.29) is 12.2 Å². The molecule has 26 heavy (non-hydrogen) atoms. The molecule has 4 heterocycles. The van der Waals surface area contributed by atoms with E-state index in [9.17, 15) is 0 Å². The first-order chi connectivity index (χ1) is 12.8. The van der Waals surface area contributed by atoms with Crippen molar-refractivity contribution in [2.45, 2.75) is 5.41 Å². The highest BCUT2D eigenvalue weighted by Crippen LogP contribution is 2.56. The minimum atomic E-state index is -0.228. The molecule has 1 spiro atoms. The molecule has 2 aromatic carbocycles. The van der Waals surface area contributed by atoms with Crippen molar-refractivity contribution in [3.63, 3.8) is 0 Å². The lowest BCUT2D eigenvalue weighted by atomic mass is 9.75. The summed E-state index contributed by atoms with van der Waals surface area (Å²) in [6.07, 6.45) is 3.52. The van der Waals surface area contributed by atoms with E-state index in [1.54, 1.807) is 12.5 Å². The summed E-state index contributed by atoms with van der Waals surface area (Å²) in [6.45, 7) is 1.74. The molecular weight excluding hydrogens is 330 g/mol. The van der Waals surface area contributed by atoms with Crippen molar-refractivity contribution in [2.24, 2.45) is 0 Å². The Hall–Kier alpha value is -3.08. The van der Waals surface area contributed by atoms with Gasteiger partial charge in [0, 0.05) is 36.5 Å². The first-order valence-electron chi connectivity index (χ1n) is 8.70. The minimum absolute atomic E-state index is 0.228. The highest BCUT2D eigenvalue weighted by Gasteiger charge is 2.51. The van der Waals surface area contributed by atoms with Gasteiger partial charge in [0.25, 0.3) is 0 Å². The third kappa shape index (κ3) is 1.65. The fourth-order valence-electron chi connectivity index (χ4n) is 4.62. The zero-order chi connectivity index (χ0) is 17.3. The number of fused-ring (bicyclic) bond motifs is 5. The van der Waals surface area contributed by atoms with Crippen LogP contribution in [0.4, 0.5) is 5.69 Å². The molecule has 3 aliphatic heterocycles. The second kappa shape index (κ2) is 4.75. The molecule has 1 unspecified atom stereocenters. The number of hydrogen-bond donors (Lipinski definition) is 0. The monoisotopic (exact) mass is 347 g/mol. The number of furan rings is 1. The van der Waals surface area contributed by atoms with Crippen molar-refractivity contribution in [1.29, 1.82) is 0 Å². The van der Waals surface area contributed by atoms with Gasteiger partial charge in [-0.2, -0.15) is 0 Å². The molecule has 0 aliphatic carbocycles. The zero-order valence-electron chi connectivity index (χ0n) is 14.3. The van der Waals surface area contributed by atoms with Crippen LogP contribution < -0.4 is 19.1 Å². The lowest BCUT2D eigenvalue weighted by Gasteiger charge is -2.25. The lowest BCUT2D eigenvalue weighted by molar-refractivity contribution is 0.173.